The minimum absolute atomic E-state index is 0.115. The van der Waals surface area contributed by atoms with Crippen molar-refractivity contribution < 1.29 is 19.4 Å². The third-order valence-electron chi connectivity index (χ3n) is 6.58. The van der Waals surface area contributed by atoms with Crippen molar-refractivity contribution in [2.45, 2.75) is 26.5 Å². The van der Waals surface area contributed by atoms with Crippen LogP contribution in [0.5, 0.6) is 5.75 Å². The number of ketones is 1. The van der Waals surface area contributed by atoms with E-state index in [0.29, 0.717) is 31.0 Å². The molecule has 6 nitrogen and oxygen atoms in total. The lowest BCUT2D eigenvalue weighted by Crippen LogP contribution is -2.38. The van der Waals surface area contributed by atoms with Crippen molar-refractivity contribution in [2.24, 2.45) is 0 Å². The fourth-order valence-corrected chi connectivity index (χ4v) is 4.49. The van der Waals surface area contributed by atoms with Crippen LogP contribution in [0.2, 0.25) is 0 Å². The highest BCUT2D eigenvalue weighted by atomic mass is 16.5. The van der Waals surface area contributed by atoms with Gasteiger partial charge in [0.05, 0.1) is 11.6 Å². The van der Waals surface area contributed by atoms with E-state index < -0.39 is 17.7 Å². The summed E-state index contributed by atoms with van der Waals surface area (Å²) in [6.45, 7) is 7.33. The van der Waals surface area contributed by atoms with Gasteiger partial charge in [-0.3, -0.25) is 9.59 Å². The SMILES string of the molecule is CCN(CC)CCN1C(=O)C(=O)/C(=C(\O)c2ccc(OCc3ccccc3)cc2)C1c1ccccc1. The molecule has 4 rings (SSSR count). The lowest BCUT2D eigenvalue weighted by Gasteiger charge is -2.28. The Kier molecular flexibility index (Phi) is 8.18. The Morgan fingerprint density at radius 2 is 1.50 bits per heavy atom. The zero-order valence-electron chi connectivity index (χ0n) is 20.8. The molecule has 0 radical (unpaired) electrons. The predicted octanol–water partition coefficient (Wildman–Crippen LogP) is 5.03. The van der Waals surface area contributed by atoms with E-state index in [1.807, 2.05) is 60.7 Å². The molecule has 36 heavy (non-hydrogen) atoms. The van der Waals surface area contributed by atoms with Crippen molar-refractivity contribution in [1.82, 2.24) is 9.80 Å². The second-order valence-corrected chi connectivity index (χ2v) is 8.73. The van der Waals surface area contributed by atoms with Crippen molar-refractivity contribution in [3.8, 4) is 5.75 Å². The maximum atomic E-state index is 13.2. The Bertz CT molecular complexity index is 1200. The van der Waals surface area contributed by atoms with Crippen LogP contribution in [0.25, 0.3) is 5.76 Å². The van der Waals surface area contributed by atoms with Gasteiger partial charge in [0.15, 0.2) is 0 Å². The van der Waals surface area contributed by atoms with Crippen LogP contribution in [0.15, 0.2) is 90.5 Å². The summed E-state index contributed by atoms with van der Waals surface area (Å²) in [6, 6.07) is 25.5. The summed E-state index contributed by atoms with van der Waals surface area (Å²) in [5.74, 6) is -0.775. The number of carbonyl (C=O) groups excluding carboxylic acids is 2. The van der Waals surface area contributed by atoms with E-state index in [2.05, 4.69) is 18.7 Å². The van der Waals surface area contributed by atoms with Crippen molar-refractivity contribution in [3.05, 3.63) is 107 Å². The number of aliphatic hydroxyl groups is 1. The number of Topliss-reactive ketones (excluding diaryl/α,β-unsaturated/α-hetero) is 1. The van der Waals surface area contributed by atoms with Gasteiger partial charge in [-0.2, -0.15) is 0 Å². The topological polar surface area (TPSA) is 70.1 Å². The fourth-order valence-electron chi connectivity index (χ4n) is 4.49. The molecule has 1 aliphatic rings. The van der Waals surface area contributed by atoms with Crippen LogP contribution >= 0.6 is 0 Å². The van der Waals surface area contributed by atoms with Crippen LogP contribution in [-0.4, -0.2) is 52.8 Å². The summed E-state index contributed by atoms with van der Waals surface area (Å²) in [5, 5.41) is 11.3. The number of hydrogen-bond donors (Lipinski definition) is 1. The van der Waals surface area contributed by atoms with Crippen LogP contribution < -0.4 is 4.74 Å². The molecule has 0 saturated carbocycles. The average Bonchev–Trinajstić information content (AvgIpc) is 3.18. The van der Waals surface area contributed by atoms with E-state index in [9.17, 15) is 14.7 Å². The van der Waals surface area contributed by atoms with Gasteiger partial charge >= 0.3 is 0 Å². The second kappa shape index (κ2) is 11.7. The standard InChI is InChI=1S/C30H32N2O4/c1-3-31(4-2)19-20-32-27(23-13-9-6-10-14-23)26(29(34)30(32)35)28(33)24-15-17-25(18-16-24)36-21-22-11-7-5-8-12-22/h5-18,27,33H,3-4,19-21H2,1-2H3/b28-26-. The highest BCUT2D eigenvalue weighted by Gasteiger charge is 2.45. The van der Waals surface area contributed by atoms with Crippen LogP contribution in [0, 0.1) is 0 Å². The van der Waals surface area contributed by atoms with Gasteiger partial charge in [0.1, 0.15) is 18.1 Å². The number of likely N-dealkylation sites (tertiary alicyclic amines) is 1. The van der Waals surface area contributed by atoms with Gasteiger partial charge in [-0.15, -0.1) is 0 Å². The molecular weight excluding hydrogens is 452 g/mol. The fraction of sp³-hybridized carbons (Fsp3) is 0.267. The molecule has 3 aromatic rings. The molecule has 1 unspecified atom stereocenters. The first-order chi connectivity index (χ1) is 17.5. The molecule has 1 aliphatic heterocycles. The Balaban J connectivity index is 1.62. The van der Waals surface area contributed by atoms with Gasteiger partial charge in [0, 0.05) is 18.7 Å². The summed E-state index contributed by atoms with van der Waals surface area (Å²) >= 11 is 0. The Labute approximate surface area is 212 Å². The molecule has 1 N–H and O–H groups in total. The molecule has 0 aromatic heterocycles. The van der Waals surface area contributed by atoms with Crippen molar-refractivity contribution >= 4 is 17.4 Å². The van der Waals surface area contributed by atoms with E-state index in [-0.39, 0.29) is 11.3 Å². The molecule has 1 atom stereocenters. The molecule has 1 amide bonds. The third kappa shape index (κ3) is 5.50. The number of likely N-dealkylation sites (N-methyl/N-ethyl adjacent to an activating group) is 1. The minimum Gasteiger partial charge on any atom is -0.507 e. The molecule has 0 aliphatic carbocycles. The average molecular weight is 485 g/mol. The highest BCUT2D eigenvalue weighted by molar-refractivity contribution is 6.46. The number of amides is 1. The molecule has 3 aromatic carbocycles. The van der Waals surface area contributed by atoms with Crippen LogP contribution in [-0.2, 0) is 16.2 Å². The number of benzene rings is 3. The van der Waals surface area contributed by atoms with Crippen LogP contribution in [0.3, 0.4) is 0 Å². The summed E-state index contributed by atoms with van der Waals surface area (Å²) in [6.07, 6.45) is 0. The number of carbonyl (C=O) groups is 2. The molecule has 1 saturated heterocycles. The molecule has 6 heteroatoms. The van der Waals surface area contributed by atoms with Gasteiger partial charge in [-0.25, -0.2) is 0 Å². The predicted molar refractivity (Wildman–Crippen MR) is 140 cm³/mol. The molecule has 186 valence electrons. The Morgan fingerprint density at radius 3 is 2.11 bits per heavy atom. The number of aliphatic hydroxyl groups excluding tert-OH is 1. The maximum Gasteiger partial charge on any atom is 0.295 e. The molecular formula is C30H32N2O4. The number of rotatable bonds is 10. The van der Waals surface area contributed by atoms with E-state index in [4.69, 9.17) is 4.74 Å². The smallest absolute Gasteiger partial charge is 0.295 e. The minimum atomic E-state index is -0.662. The van der Waals surface area contributed by atoms with E-state index in [1.54, 1.807) is 29.2 Å². The lowest BCUT2D eigenvalue weighted by molar-refractivity contribution is -0.140. The third-order valence-corrected chi connectivity index (χ3v) is 6.58. The van der Waals surface area contributed by atoms with Crippen molar-refractivity contribution in [2.75, 3.05) is 26.2 Å². The molecule has 1 heterocycles. The normalized spacial score (nSPS) is 17.1. The molecule has 1 fully saturated rings. The van der Waals surface area contributed by atoms with Gasteiger partial charge in [-0.05, 0) is 48.5 Å². The van der Waals surface area contributed by atoms with Gasteiger partial charge in [-0.1, -0.05) is 74.5 Å². The van der Waals surface area contributed by atoms with Gasteiger partial charge < -0.3 is 19.6 Å². The molecule has 0 bridgehead atoms. The Hall–Kier alpha value is -3.90. The number of nitrogens with zero attached hydrogens (tertiary/aromatic N) is 2. The van der Waals surface area contributed by atoms with E-state index in [1.165, 1.54) is 0 Å². The summed E-state index contributed by atoms with van der Waals surface area (Å²) < 4.78 is 5.84. The summed E-state index contributed by atoms with van der Waals surface area (Å²) in [4.78, 5) is 30.1. The van der Waals surface area contributed by atoms with Crippen LogP contribution in [0.4, 0.5) is 0 Å². The largest absolute Gasteiger partial charge is 0.507 e. The lowest BCUT2D eigenvalue weighted by atomic mass is 9.95. The maximum absolute atomic E-state index is 13.2. The van der Waals surface area contributed by atoms with Gasteiger partial charge in [0.2, 0.25) is 0 Å². The van der Waals surface area contributed by atoms with E-state index in [0.717, 1.165) is 24.2 Å². The van der Waals surface area contributed by atoms with Gasteiger partial charge in [0.25, 0.3) is 11.7 Å². The van der Waals surface area contributed by atoms with Crippen molar-refractivity contribution in [3.63, 3.8) is 0 Å². The first kappa shape index (κ1) is 25.2. The summed E-state index contributed by atoms with van der Waals surface area (Å²) in [5.41, 5.74) is 2.42. The monoisotopic (exact) mass is 484 g/mol. The van der Waals surface area contributed by atoms with E-state index >= 15 is 0 Å². The Morgan fingerprint density at radius 1 is 0.889 bits per heavy atom. The first-order valence-corrected chi connectivity index (χ1v) is 12.4. The zero-order chi connectivity index (χ0) is 25.5. The number of hydrogen-bond acceptors (Lipinski definition) is 5. The molecule has 0 spiro atoms. The van der Waals surface area contributed by atoms with Crippen molar-refractivity contribution in [1.29, 1.82) is 0 Å². The second-order valence-electron chi connectivity index (χ2n) is 8.73. The van der Waals surface area contributed by atoms with Crippen LogP contribution in [0.1, 0.15) is 36.6 Å². The zero-order valence-corrected chi connectivity index (χ0v) is 20.8. The highest BCUT2D eigenvalue weighted by Crippen LogP contribution is 2.39. The number of ether oxygens (including phenoxy) is 1. The first-order valence-electron chi connectivity index (χ1n) is 12.4. The quantitative estimate of drug-likeness (QED) is 0.248. The summed E-state index contributed by atoms with van der Waals surface area (Å²) in [7, 11) is 0.